The first-order valence-corrected chi connectivity index (χ1v) is 18.5. The van der Waals surface area contributed by atoms with Gasteiger partial charge in [-0.15, -0.1) is 0 Å². The van der Waals surface area contributed by atoms with Gasteiger partial charge in [0, 0.05) is 70.5 Å². The highest BCUT2D eigenvalue weighted by atomic mass is 35.5. The second-order valence-electron chi connectivity index (χ2n) is 15.1. The third-order valence-corrected chi connectivity index (χ3v) is 12.1. The Morgan fingerprint density at radius 2 is 1.69 bits per heavy atom. The molecule has 3 amide bonds. The number of carbonyl (C=O) groups is 3. The van der Waals surface area contributed by atoms with Crippen molar-refractivity contribution < 1.29 is 14.4 Å². The Hall–Kier alpha value is -4.29. The Bertz CT molecular complexity index is 1860. The molecule has 4 saturated heterocycles. The number of imide groups is 1. The smallest absolute Gasteiger partial charge is 0.287 e. The summed E-state index contributed by atoms with van der Waals surface area (Å²) in [6, 6.07) is 10.3. The van der Waals surface area contributed by atoms with E-state index in [-0.39, 0.29) is 51.6 Å². The number of hydrogen-bond donors (Lipinski definition) is 2. The normalized spacial score (nSPS) is 24.0. The molecule has 1 spiro atoms. The van der Waals surface area contributed by atoms with E-state index in [1.807, 2.05) is 30.2 Å². The minimum Gasteiger partial charge on any atom is -0.378 e. The third kappa shape index (κ3) is 7.39. The summed E-state index contributed by atoms with van der Waals surface area (Å²) in [6.45, 7) is 7.11. The van der Waals surface area contributed by atoms with Gasteiger partial charge in [0.05, 0.1) is 17.8 Å². The summed E-state index contributed by atoms with van der Waals surface area (Å²) in [5.74, 6) is 0.537. The molecule has 13 heteroatoms. The van der Waals surface area contributed by atoms with Gasteiger partial charge >= 0.3 is 0 Å². The van der Waals surface area contributed by atoms with E-state index < -0.39 is 0 Å². The average Bonchev–Trinajstić information content (AvgIpc) is 3.12. The quantitative estimate of drug-likeness (QED) is 0.363. The monoisotopic (exact) mass is 714 g/mol. The van der Waals surface area contributed by atoms with Crippen LogP contribution in [0.1, 0.15) is 83.8 Å². The molecule has 0 aliphatic carbocycles. The molecule has 1 unspecified atom stereocenters. The highest BCUT2D eigenvalue weighted by Crippen LogP contribution is 2.42. The predicted octanol–water partition coefficient (Wildman–Crippen LogP) is 4.08. The van der Waals surface area contributed by atoms with E-state index in [9.17, 15) is 19.2 Å². The summed E-state index contributed by atoms with van der Waals surface area (Å²) in [5, 5.41) is 10.2. The van der Waals surface area contributed by atoms with Crippen molar-refractivity contribution in [3.8, 4) is 0 Å². The molecule has 3 aromatic rings. The van der Waals surface area contributed by atoms with Crippen molar-refractivity contribution in [2.75, 3.05) is 56.5 Å². The van der Waals surface area contributed by atoms with Crippen LogP contribution in [-0.2, 0) is 16.6 Å². The zero-order chi connectivity index (χ0) is 35.9. The molecule has 4 aliphatic rings. The van der Waals surface area contributed by atoms with Gasteiger partial charge in [-0.1, -0.05) is 23.7 Å². The lowest BCUT2D eigenvalue weighted by molar-refractivity contribution is -0.134. The van der Waals surface area contributed by atoms with E-state index >= 15 is 0 Å². The molecule has 7 rings (SSSR count). The Labute approximate surface area is 303 Å². The number of halogens is 1. The largest absolute Gasteiger partial charge is 0.378 e. The lowest BCUT2D eigenvalue weighted by Crippen LogP contribution is -2.48. The Morgan fingerprint density at radius 1 is 0.980 bits per heavy atom. The molecule has 270 valence electrons. The number of pyridine rings is 1. The van der Waals surface area contributed by atoms with Crippen molar-refractivity contribution >= 4 is 40.8 Å². The lowest BCUT2D eigenvalue weighted by Gasteiger charge is -2.47. The number of aryl methyl sites for hydroxylation is 2. The van der Waals surface area contributed by atoms with Crippen LogP contribution in [0, 0.1) is 12.3 Å². The average molecular weight is 715 g/mol. The fourth-order valence-corrected chi connectivity index (χ4v) is 8.78. The first-order valence-electron chi connectivity index (χ1n) is 18.1. The summed E-state index contributed by atoms with van der Waals surface area (Å²) < 4.78 is 1.23. The molecule has 0 radical (unpaired) electrons. The van der Waals surface area contributed by atoms with Crippen LogP contribution in [-0.4, -0.2) is 94.6 Å². The molecule has 4 aliphatic heterocycles. The summed E-state index contributed by atoms with van der Waals surface area (Å²) in [7, 11) is 3.68. The van der Waals surface area contributed by atoms with Gasteiger partial charge in [0.1, 0.15) is 10.8 Å². The SMILES string of the molecule is Cc1cc(N2CCC3(CCN(C(=O)c4ccc([C@H]5C[C@@H](Nc6cnn(C)c(=O)c6Cl)CN(C)C5)cc4)CC3)CC2)ncc1C1CCC(=O)NC1=O. The Balaban J connectivity index is 0.911. The minimum atomic E-state index is -0.326. The molecular weight excluding hydrogens is 668 g/mol. The molecule has 0 bridgehead atoms. The molecule has 2 N–H and O–H groups in total. The molecule has 51 heavy (non-hydrogen) atoms. The molecular formula is C38H47ClN8O4. The van der Waals surface area contributed by atoms with E-state index in [2.05, 4.69) is 50.8 Å². The number of hydrogen-bond acceptors (Lipinski definition) is 9. The van der Waals surface area contributed by atoms with Crippen LogP contribution in [0.5, 0.6) is 0 Å². The second-order valence-corrected chi connectivity index (χ2v) is 15.5. The summed E-state index contributed by atoms with van der Waals surface area (Å²) in [6.07, 6.45) is 9.31. The number of likely N-dealkylation sites (N-methyl/N-ethyl adjacent to an activating group) is 1. The number of anilines is 2. The number of aromatic nitrogens is 3. The number of rotatable bonds is 6. The van der Waals surface area contributed by atoms with Crippen molar-refractivity contribution in [1.29, 1.82) is 0 Å². The minimum absolute atomic E-state index is 0.0951. The van der Waals surface area contributed by atoms with Crippen LogP contribution in [0.4, 0.5) is 11.5 Å². The van der Waals surface area contributed by atoms with E-state index in [4.69, 9.17) is 16.6 Å². The van der Waals surface area contributed by atoms with Crippen molar-refractivity contribution in [1.82, 2.24) is 29.9 Å². The van der Waals surface area contributed by atoms with Crippen molar-refractivity contribution in [3.05, 3.63) is 80.4 Å². The summed E-state index contributed by atoms with van der Waals surface area (Å²) >= 11 is 6.32. The second kappa shape index (κ2) is 14.4. The molecule has 6 heterocycles. The molecule has 3 atom stereocenters. The van der Waals surface area contributed by atoms with E-state index in [1.54, 1.807) is 13.2 Å². The first kappa shape index (κ1) is 35.1. The van der Waals surface area contributed by atoms with Gasteiger partial charge in [0.15, 0.2) is 0 Å². The number of amides is 3. The predicted molar refractivity (Wildman–Crippen MR) is 196 cm³/mol. The number of nitrogens with zero attached hydrogens (tertiary/aromatic N) is 6. The highest BCUT2D eigenvalue weighted by molar-refractivity contribution is 6.32. The van der Waals surface area contributed by atoms with Crippen LogP contribution in [0.25, 0.3) is 0 Å². The van der Waals surface area contributed by atoms with Crippen LogP contribution in [0.15, 0.2) is 47.5 Å². The van der Waals surface area contributed by atoms with E-state index in [0.29, 0.717) is 18.5 Å². The molecule has 1 aromatic carbocycles. The van der Waals surface area contributed by atoms with Crippen LogP contribution in [0.3, 0.4) is 0 Å². The lowest BCUT2D eigenvalue weighted by atomic mass is 9.71. The highest BCUT2D eigenvalue weighted by Gasteiger charge is 2.39. The number of piperidine rings is 4. The summed E-state index contributed by atoms with van der Waals surface area (Å²) in [4.78, 5) is 61.2. The van der Waals surface area contributed by atoms with Crippen molar-refractivity contribution in [2.45, 2.75) is 69.7 Å². The van der Waals surface area contributed by atoms with Gasteiger partial charge in [-0.3, -0.25) is 24.5 Å². The number of nitrogens with one attached hydrogen (secondary N) is 2. The van der Waals surface area contributed by atoms with Crippen molar-refractivity contribution in [2.24, 2.45) is 12.5 Å². The van der Waals surface area contributed by atoms with Crippen LogP contribution < -0.4 is 21.1 Å². The first-order chi connectivity index (χ1) is 24.5. The van der Waals surface area contributed by atoms with Gasteiger partial charge in [0.25, 0.3) is 11.5 Å². The molecule has 2 aromatic heterocycles. The topological polar surface area (TPSA) is 133 Å². The number of carbonyl (C=O) groups excluding carboxylic acids is 3. The summed E-state index contributed by atoms with van der Waals surface area (Å²) in [5.41, 5.74) is 4.32. The number of likely N-dealkylation sites (tertiary alicyclic amines) is 2. The Kier molecular flexibility index (Phi) is 9.91. The maximum Gasteiger partial charge on any atom is 0.287 e. The zero-order valence-corrected chi connectivity index (χ0v) is 30.4. The fourth-order valence-electron chi connectivity index (χ4n) is 8.55. The van der Waals surface area contributed by atoms with Crippen LogP contribution in [0.2, 0.25) is 5.02 Å². The number of benzene rings is 1. The molecule has 12 nitrogen and oxygen atoms in total. The molecule has 0 saturated carbocycles. The van der Waals surface area contributed by atoms with Crippen LogP contribution >= 0.6 is 11.6 Å². The zero-order valence-electron chi connectivity index (χ0n) is 29.7. The van der Waals surface area contributed by atoms with Gasteiger partial charge in [-0.05, 0) is 98.7 Å². The Morgan fingerprint density at radius 3 is 2.37 bits per heavy atom. The fraction of sp³-hybridized carbons (Fsp3) is 0.526. The van der Waals surface area contributed by atoms with Gasteiger partial charge < -0.3 is 20.0 Å². The van der Waals surface area contributed by atoms with E-state index in [1.165, 1.54) is 10.2 Å². The third-order valence-electron chi connectivity index (χ3n) is 11.7. The maximum atomic E-state index is 13.6. The standard InChI is InChI=1S/C38H47ClN8O4/c1-24-18-32(40-20-30(24)29-8-9-33(48)43-35(29)49)46-14-10-38(11-15-46)12-16-47(17-13-38)36(50)26-6-4-25(5-7-26)27-19-28(23-44(2)22-27)42-31-21-41-45(3)37(51)34(31)39/h4-7,18,20-21,27-29,42H,8-17,19,22-23H2,1-3H3,(H,43,48,49)/t27-,28+,29?/m0/s1. The van der Waals surface area contributed by atoms with Gasteiger partial charge in [0.2, 0.25) is 11.8 Å². The van der Waals surface area contributed by atoms with E-state index in [0.717, 1.165) is 93.9 Å². The van der Waals surface area contributed by atoms with Gasteiger partial charge in [-0.25, -0.2) is 9.67 Å². The van der Waals surface area contributed by atoms with Crippen molar-refractivity contribution in [3.63, 3.8) is 0 Å². The maximum absolute atomic E-state index is 13.6. The molecule has 4 fully saturated rings. The van der Waals surface area contributed by atoms with Gasteiger partial charge in [-0.2, -0.15) is 5.10 Å².